The van der Waals surface area contributed by atoms with Crippen LogP contribution in [0.15, 0.2) is 78.9 Å². The minimum Gasteiger partial charge on any atom is -0.487 e. The molecule has 4 aromatic rings. The Kier molecular flexibility index (Phi) is 6.07. The Bertz CT molecular complexity index is 1310. The summed E-state index contributed by atoms with van der Waals surface area (Å²) in [5, 5.41) is 12.9. The van der Waals surface area contributed by atoms with Gasteiger partial charge in [0.2, 0.25) is 5.91 Å². The SMILES string of the molecule is O=C(Cc1ccccc1C(=O)O)Nc1cccc(OCc2ccc3ccc(F)cc3n2)c1. The zero-order valence-electron chi connectivity index (χ0n) is 16.9. The van der Waals surface area contributed by atoms with Crippen LogP contribution in [0.3, 0.4) is 0 Å². The summed E-state index contributed by atoms with van der Waals surface area (Å²) in [6.45, 7) is 0.176. The molecule has 1 aromatic heterocycles. The Hall–Kier alpha value is -4.26. The fourth-order valence-electron chi connectivity index (χ4n) is 3.30. The van der Waals surface area contributed by atoms with Gasteiger partial charge in [-0.1, -0.05) is 30.3 Å². The van der Waals surface area contributed by atoms with Crippen molar-refractivity contribution in [3.8, 4) is 5.75 Å². The van der Waals surface area contributed by atoms with Crippen molar-refractivity contribution >= 4 is 28.5 Å². The highest BCUT2D eigenvalue weighted by molar-refractivity contribution is 5.96. The number of halogens is 1. The van der Waals surface area contributed by atoms with Crippen LogP contribution in [0, 0.1) is 5.82 Å². The average Bonchev–Trinajstić information content (AvgIpc) is 2.77. The van der Waals surface area contributed by atoms with Crippen LogP contribution < -0.4 is 10.1 Å². The standard InChI is InChI=1S/C25H19FN2O4/c26-18-10-8-16-9-11-20(27-23(16)13-18)15-32-21-6-3-5-19(14-21)28-24(29)12-17-4-1-2-7-22(17)25(30)31/h1-11,13-14H,12,15H2,(H,28,29)(H,30,31). The third-order valence-corrected chi connectivity index (χ3v) is 4.82. The van der Waals surface area contributed by atoms with Crippen molar-refractivity contribution in [2.45, 2.75) is 13.0 Å². The smallest absolute Gasteiger partial charge is 0.335 e. The summed E-state index contributed by atoms with van der Waals surface area (Å²) in [5.74, 6) is -1.24. The van der Waals surface area contributed by atoms with E-state index in [2.05, 4.69) is 10.3 Å². The van der Waals surface area contributed by atoms with E-state index in [1.165, 1.54) is 18.2 Å². The van der Waals surface area contributed by atoms with Gasteiger partial charge in [0, 0.05) is 23.2 Å². The number of nitrogens with one attached hydrogen (secondary N) is 1. The van der Waals surface area contributed by atoms with Gasteiger partial charge in [-0.2, -0.15) is 0 Å². The second-order valence-electron chi connectivity index (χ2n) is 7.14. The first-order valence-corrected chi connectivity index (χ1v) is 9.87. The van der Waals surface area contributed by atoms with Crippen LogP contribution in [0.25, 0.3) is 10.9 Å². The van der Waals surface area contributed by atoms with Gasteiger partial charge in [0.1, 0.15) is 18.2 Å². The second kappa shape index (κ2) is 9.26. The van der Waals surface area contributed by atoms with Crippen molar-refractivity contribution < 1.29 is 23.8 Å². The molecule has 6 nitrogen and oxygen atoms in total. The first-order chi connectivity index (χ1) is 15.5. The summed E-state index contributed by atoms with van der Waals surface area (Å²) in [6.07, 6.45) is -0.0644. The highest BCUT2D eigenvalue weighted by atomic mass is 19.1. The molecule has 0 fully saturated rings. The van der Waals surface area contributed by atoms with Gasteiger partial charge in [0.15, 0.2) is 0 Å². The van der Waals surface area contributed by atoms with Gasteiger partial charge in [0.05, 0.1) is 23.2 Å². The minimum atomic E-state index is -1.08. The number of benzene rings is 3. The number of aromatic carboxylic acids is 1. The molecule has 0 bridgehead atoms. The second-order valence-corrected chi connectivity index (χ2v) is 7.14. The van der Waals surface area contributed by atoms with Crippen LogP contribution in [0.5, 0.6) is 5.75 Å². The van der Waals surface area contributed by atoms with E-state index in [1.54, 1.807) is 48.5 Å². The average molecular weight is 430 g/mol. The molecule has 2 N–H and O–H groups in total. The van der Waals surface area contributed by atoms with Crippen molar-refractivity contribution in [2.75, 3.05) is 5.32 Å². The number of hydrogen-bond donors (Lipinski definition) is 2. The van der Waals surface area contributed by atoms with Crippen LogP contribution in [0.2, 0.25) is 0 Å². The number of amides is 1. The molecule has 160 valence electrons. The molecule has 0 atom stereocenters. The lowest BCUT2D eigenvalue weighted by atomic mass is 10.0. The third kappa shape index (κ3) is 5.07. The van der Waals surface area contributed by atoms with E-state index in [0.29, 0.717) is 28.2 Å². The van der Waals surface area contributed by atoms with Gasteiger partial charge in [0.25, 0.3) is 0 Å². The van der Waals surface area contributed by atoms with E-state index >= 15 is 0 Å². The molecule has 0 aliphatic carbocycles. The van der Waals surface area contributed by atoms with Gasteiger partial charge in [-0.25, -0.2) is 14.2 Å². The molecule has 0 aliphatic heterocycles. The number of ether oxygens (including phenoxy) is 1. The van der Waals surface area contributed by atoms with E-state index in [0.717, 1.165) is 5.39 Å². The lowest BCUT2D eigenvalue weighted by Gasteiger charge is -2.10. The molecule has 0 spiro atoms. The van der Waals surface area contributed by atoms with Crippen LogP contribution >= 0.6 is 0 Å². The molecule has 4 rings (SSSR count). The predicted molar refractivity (Wildman–Crippen MR) is 118 cm³/mol. The highest BCUT2D eigenvalue weighted by Crippen LogP contribution is 2.20. The van der Waals surface area contributed by atoms with Crippen LogP contribution in [-0.2, 0) is 17.8 Å². The van der Waals surface area contributed by atoms with Gasteiger partial charge >= 0.3 is 5.97 Å². The number of carbonyl (C=O) groups is 2. The maximum absolute atomic E-state index is 13.4. The number of hydrogen-bond acceptors (Lipinski definition) is 4. The largest absolute Gasteiger partial charge is 0.487 e. The van der Waals surface area contributed by atoms with Crippen molar-refractivity contribution in [2.24, 2.45) is 0 Å². The van der Waals surface area contributed by atoms with Crippen LogP contribution in [0.4, 0.5) is 10.1 Å². The fraction of sp³-hybridized carbons (Fsp3) is 0.0800. The van der Waals surface area contributed by atoms with Gasteiger partial charge < -0.3 is 15.2 Å². The Balaban J connectivity index is 1.40. The van der Waals surface area contributed by atoms with Crippen molar-refractivity contribution in [1.82, 2.24) is 4.98 Å². The number of carboxylic acid groups (broad SMARTS) is 1. The molecular formula is C25H19FN2O4. The number of rotatable bonds is 7. The Labute approximate surface area is 183 Å². The summed E-state index contributed by atoms with van der Waals surface area (Å²) in [5.41, 5.74) is 2.25. The van der Waals surface area contributed by atoms with E-state index in [9.17, 15) is 19.1 Å². The Morgan fingerprint density at radius 1 is 0.969 bits per heavy atom. The maximum Gasteiger partial charge on any atom is 0.335 e. The molecular weight excluding hydrogens is 411 g/mol. The zero-order valence-corrected chi connectivity index (χ0v) is 16.9. The number of fused-ring (bicyclic) bond motifs is 1. The summed E-state index contributed by atoms with van der Waals surface area (Å²) in [4.78, 5) is 28.1. The lowest BCUT2D eigenvalue weighted by molar-refractivity contribution is -0.115. The number of carboxylic acids is 1. The minimum absolute atomic E-state index is 0.0644. The number of pyridine rings is 1. The topological polar surface area (TPSA) is 88.5 Å². The molecule has 0 radical (unpaired) electrons. The van der Waals surface area contributed by atoms with Gasteiger partial charge in [-0.15, -0.1) is 0 Å². The van der Waals surface area contributed by atoms with Crippen molar-refractivity contribution in [3.05, 3.63) is 102 Å². The number of aromatic nitrogens is 1. The monoisotopic (exact) mass is 430 g/mol. The number of nitrogens with zero attached hydrogens (tertiary/aromatic N) is 1. The first kappa shape index (κ1) is 21.0. The fourth-order valence-corrected chi connectivity index (χ4v) is 3.30. The highest BCUT2D eigenvalue weighted by Gasteiger charge is 2.13. The lowest BCUT2D eigenvalue weighted by Crippen LogP contribution is -2.16. The normalized spacial score (nSPS) is 10.7. The third-order valence-electron chi connectivity index (χ3n) is 4.82. The molecule has 0 saturated carbocycles. The van der Waals surface area contributed by atoms with Crippen molar-refractivity contribution in [3.63, 3.8) is 0 Å². The van der Waals surface area contributed by atoms with Gasteiger partial charge in [-0.05, 0) is 42.0 Å². The summed E-state index contributed by atoms with van der Waals surface area (Å²) < 4.78 is 19.2. The molecule has 1 amide bonds. The summed E-state index contributed by atoms with van der Waals surface area (Å²) in [7, 11) is 0. The van der Waals surface area contributed by atoms with E-state index < -0.39 is 5.97 Å². The molecule has 0 unspecified atom stereocenters. The van der Waals surface area contributed by atoms with Gasteiger partial charge in [-0.3, -0.25) is 4.79 Å². The predicted octanol–water partition coefficient (Wildman–Crippen LogP) is 4.83. The zero-order chi connectivity index (χ0) is 22.5. The van der Waals surface area contributed by atoms with Crippen LogP contribution in [-0.4, -0.2) is 22.0 Å². The number of anilines is 1. The molecule has 1 heterocycles. The molecule has 32 heavy (non-hydrogen) atoms. The quantitative estimate of drug-likeness (QED) is 0.438. The Morgan fingerprint density at radius 2 is 1.78 bits per heavy atom. The molecule has 0 saturated heterocycles. The van der Waals surface area contributed by atoms with Crippen molar-refractivity contribution in [1.29, 1.82) is 0 Å². The first-order valence-electron chi connectivity index (χ1n) is 9.87. The molecule has 0 aliphatic rings. The van der Waals surface area contributed by atoms with E-state index in [-0.39, 0.29) is 30.3 Å². The summed E-state index contributed by atoms with van der Waals surface area (Å²) in [6, 6.07) is 21.4. The summed E-state index contributed by atoms with van der Waals surface area (Å²) >= 11 is 0. The van der Waals surface area contributed by atoms with E-state index in [4.69, 9.17) is 4.74 Å². The van der Waals surface area contributed by atoms with Crippen LogP contribution in [0.1, 0.15) is 21.6 Å². The maximum atomic E-state index is 13.4. The van der Waals surface area contributed by atoms with E-state index in [1.807, 2.05) is 12.1 Å². The molecule has 3 aromatic carbocycles. The Morgan fingerprint density at radius 3 is 2.62 bits per heavy atom. The molecule has 7 heteroatoms. The number of carbonyl (C=O) groups excluding carboxylic acids is 1.